The van der Waals surface area contributed by atoms with E-state index >= 15 is 0 Å². The lowest BCUT2D eigenvalue weighted by molar-refractivity contribution is -0.124. The fraction of sp³-hybridized carbons (Fsp3) is 0.700. The molecule has 1 amide bonds. The first kappa shape index (κ1) is 15.5. The van der Waals surface area contributed by atoms with E-state index in [0.29, 0.717) is 12.8 Å². The Balaban J connectivity index is 4.32. The van der Waals surface area contributed by atoms with Crippen LogP contribution in [-0.4, -0.2) is 35.6 Å². The summed E-state index contributed by atoms with van der Waals surface area (Å²) in [6, 6.07) is -0.573. The molecular formula is C10H17IN2O3. The van der Waals surface area contributed by atoms with Gasteiger partial charge in [0, 0.05) is 28.5 Å². The minimum atomic E-state index is -0.573. The van der Waals surface area contributed by atoms with Gasteiger partial charge in [0.25, 0.3) is 0 Å². The van der Waals surface area contributed by atoms with Crippen molar-refractivity contribution in [2.75, 3.05) is 13.6 Å². The molecule has 0 aliphatic carbocycles. The summed E-state index contributed by atoms with van der Waals surface area (Å²) in [4.78, 5) is 33.3. The Bertz CT molecular complexity index is 258. The fourth-order valence-corrected chi connectivity index (χ4v) is 1.65. The van der Waals surface area contributed by atoms with Crippen molar-refractivity contribution in [2.45, 2.75) is 25.8 Å². The average molecular weight is 340 g/mol. The van der Waals surface area contributed by atoms with Crippen molar-refractivity contribution < 1.29 is 14.4 Å². The number of amides is 1. The Morgan fingerprint density at radius 3 is 2.44 bits per heavy atom. The van der Waals surface area contributed by atoms with E-state index in [9.17, 15) is 14.4 Å². The van der Waals surface area contributed by atoms with Crippen LogP contribution in [0.2, 0.25) is 0 Å². The lowest BCUT2D eigenvalue weighted by atomic mass is 9.99. The summed E-state index contributed by atoms with van der Waals surface area (Å²) in [7, 11) is 1.65. The van der Waals surface area contributed by atoms with Gasteiger partial charge < -0.3 is 15.4 Å². The number of carbonyl (C=O) groups is 3. The maximum absolute atomic E-state index is 11.3. The van der Waals surface area contributed by atoms with Crippen LogP contribution in [-0.2, 0) is 14.4 Å². The van der Waals surface area contributed by atoms with Gasteiger partial charge in [-0.2, -0.15) is 0 Å². The Morgan fingerprint density at radius 2 is 2.06 bits per heavy atom. The molecule has 16 heavy (non-hydrogen) atoms. The Hall–Kier alpha value is -0.500. The SMILES string of the molecule is CCC(C=O)CC(NC(=O)CNC)C(=O)I. The molecule has 0 aromatic carbocycles. The predicted octanol–water partition coefficient (Wildman–Crippen LogP) is 0.267. The summed E-state index contributed by atoms with van der Waals surface area (Å²) in [5.41, 5.74) is 0. The maximum atomic E-state index is 11.3. The van der Waals surface area contributed by atoms with Crippen LogP contribution in [0.4, 0.5) is 0 Å². The second-order valence-corrected chi connectivity index (χ2v) is 4.56. The van der Waals surface area contributed by atoms with E-state index < -0.39 is 6.04 Å². The summed E-state index contributed by atoms with van der Waals surface area (Å²) in [5.74, 6) is -0.420. The van der Waals surface area contributed by atoms with Crippen LogP contribution >= 0.6 is 22.6 Å². The van der Waals surface area contributed by atoms with E-state index in [0.717, 1.165) is 6.29 Å². The van der Waals surface area contributed by atoms with E-state index in [1.807, 2.05) is 6.92 Å². The van der Waals surface area contributed by atoms with E-state index in [4.69, 9.17) is 0 Å². The zero-order valence-electron chi connectivity index (χ0n) is 9.46. The molecule has 0 bridgehead atoms. The molecule has 0 rings (SSSR count). The van der Waals surface area contributed by atoms with Crippen LogP contribution in [0.25, 0.3) is 0 Å². The van der Waals surface area contributed by atoms with Gasteiger partial charge >= 0.3 is 0 Å². The third-order valence-corrected chi connectivity index (χ3v) is 2.95. The molecule has 0 aromatic heterocycles. The normalized spacial score (nSPS) is 13.9. The van der Waals surface area contributed by atoms with Crippen molar-refractivity contribution in [3.05, 3.63) is 0 Å². The summed E-state index contributed by atoms with van der Waals surface area (Å²) < 4.78 is -0.151. The first-order valence-corrected chi connectivity index (χ1v) is 6.21. The Morgan fingerprint density at radius 1 is 1.44 bits per heavy atom. The van der Waals surface area contributed by atoms with Gasteiger partial charge in [0.15, 0.2) is 0 Å². The van der Waals surface area contributed by atoms with E-state index in [1.165, 1.54) is 0 Å². The molecule has 6 heteroatoms. The van der Waals surface area contributed by atoms with Crippen molar-refractivity contribution in [1.29, 1.82) is 0 Å². The monoisotopic (exact) mass is 340 g/mol. The molecule has 0 saturated carbocycles. The number of carbonyl (C=O) groups excluding carboxylic acids is 3. The van der Waals surface area contributed by atoms with E-state index in [-0.39, 0.29) is 22.2 Å². The molecule has 0 fully saturated rings. The topological polar surface area (TPSA) is 75.3 Å². The molecular weight excluding hydrogens is 323 g/mol. The molecule has 2 unspecified atom stereocenters. The van der Waals surface area contributed by atoms with Crippen LogP contribution in [0, 0.1) is 5.92 Å². The lowest BCUT2D eigenvalue weighted by Gasteiger charge is -2.17. The Kier molecular flexibility index (Phi) is 8.36. The molecule has 0 saturated heterocycles. The molecule has 0 radical (unpaired) electrons. The summed E-state index contributed by atoms with van der Waals surface area (Å²) >= 11 is 1.64. The largest absolute Gasteiger partial charge is 0.344 e. The number of likely N-dealkylation sites (N-methyl/N-ethyl adjacent to an activating group) is 1. The zero-order valence-corrected chi connectivity index (χ0v) is 11.6. The van der Waals surface area contributed by atoms with Crippen LogP contribution in [0.3, 0.4) is 0 Å². The third kappa shape index (κ3) is 6.16. The van der Waals surface area contributed by atoms with Gasteiger partial charge in [0.1, 0.15) is 6.29 Å². The first-order chi connectivity index (χ1) is 7.54. The van der Waals surface area contributed by atoms with E-state index in [1.54, 1.807) is 29.6 Å². The molecule has 2 atom stereocenters. The highest BCUT2D eigenvalue weighted by atomic mass is 127. The highest BCUT2D eigenvalue weighted by molar-refractivity contribution is 14.1. The molecule has 2 N–H and O–H groups in total. The van der Waals surface area contributed by atoms with Gasteiger partial charge in [0.05, 0.1) is 12.6 Å². The van der Waals surface area contributed by atoms with Gasteiger partial charge in [0.2, 0.25) is 9.70 Å². The standard InChI is InChI=1S/C10H17IN2O3/c1-3-7(6-14)4-8(10(11)16)13-9(15)5-12-2/h6-8,12H,3-5H2,1-2H3,(H,13,15). The number of hydrogen-bond donors (Lipinski definition) is 2. The van der Waals surface area contributed by atoms with Crippen LogP contribution in [0.5, 0.6) is 0 Å². The Labute approximate surface area is 109 Å². The number of halogens is 1. The van der Waals surface area contributed by atoms with Gasteiger partial charge in [-0.1, -0.05) is 6.92 Å². The lowest BCUT2D eigenvalue weighted by Crippen LogP contribution is -2.43. The van der Waals surface area contributed by atoms with Crippen molar-refractivity contribution >= 4 is 38.6 Å². The molecule has 5 nitrogen and oxygen atoms in total. The van der Waals surface area contributed by atoms with Gasteiger partial charge in [-0.25, -0.2) is 0 Å². The smallest absolute Gasteiger partial charge is 0.234 e. The highest BCUT2D eigenvalue weighted by Gasteiger charge is 2.21. The first-order valence-electron chi connectivity index (χ1n) is 5.13. The fourth-order valence-electron chi connectivity index (χ4n) is 1.24. The quantitative estimate of drug-likeness (QED) is 0.378. The van der Waals surface area contributed by atoms with Gasteiger partial charge in [-0.15, -0.1) is 0 Å². The van der Waals surface area contributed by atoms with E-state index in [2.05, 4.69) is 10.6 Å². The molecule has 92 valence electrons. The van der Waals surface area contributed by atoms with Gasteiger partial charge in [-0.3, -0.25) is 9.59 Å². The van der Waals surface area contributed by atoms with Crippen molar-refractivity contribution in [2.24, 2.45) is 5.92 Å². The van der Waals surface area contributed by atoms with Crippen LogP contribution < -0.4 is 10.6 Å². The van der Waals surface area contributed by atoms with Crippen molar-refractivity contribution in [3.63, 3.8) is 0 Å². The second-order valence-electron chi connectivity index (χ2n) is 3.49. The second kappa shape index (κ2) is 8.63. The predicted molar refractivity (Wildman–Crippen MR) is 69.3 cm³/mol. The minimum absolute atomic E-state index is 0.151. The third-order valence-electron chi connectivity index (χ3n) is 2.20. The summed E-state index contributed by atoms with van der Waals surface area (Å²) in [6.07, 6.45) is 1.87. The summed E-state index contributed by atoms with van der Waals surface area (Å²) in [6.45, 7) is 2.04. The maximum Gasteiger partial charge on any atom is 0.234 e. The van der Waals surface area contributed by atoms with Crippen molar-refractivity contribution in [1.82, 2.24) is 10.6 Å². The molecule has 0 spiro atoms. The molecule has 0 aromatic rings. The van der Waals surface area contributed by atoms with Crippen LogP contribution in [0.1, 0.15) is 19.8 Å². The highest BCUT2D eigenvalue weighted by Crippen LogP contribution is 2.11. The average Bonchev–Trinajstić information content (AvgIpc) is 2.24. The van der Waals surface area contributed by atoms with Crippen molar-refractivity contribution in [3.8, 4) is 0 Å². The number of hydrogen-bond acceptors (Lipinski definition) is 4. The number of rotatable bonds is 8. The molecule has 0 aliphatic rings. The number of nitrogens with one attached hydrogen (secondary N) is 2. The molecule has 0 heterocycles. The number of aldehydes is 1. The van der Waals surface area contributed by atoms with Gasteiger partial charge in [-0.05, 0) is 19.9 Å². The van der Waals surface area contributed by atoms with Crippen LogP contribution in [0.15, 0.2) is 0 Å². The molecule has 0 aliphatic heterocycles. The minimum Gasteiger partial charge on any atom is -0.344 e. The zero-order chi connectivity index (χ0) is 12.6. The summed E-state index contributed by atoms with van der Waals surface area (Å²) in [5, 5.41) is 5.30.